The third-order valence-corrected chi connectivity index (χ3v) is 4.56. The van der Waals surface area contributed by atoms with E-state index in [4.69, 9.17) is 29.6 Å². The Labute approximate surface area is 131 Å². The van der Waals surface area contributed by atoms with Gasteiger partial charge in [0.25, 0.3) is 0 Å². The lowest BCUT2D eigenvalue weighted by Gasteiger charge is -2.38. The first-order chi connectivity index (χ1) is 9.61. The smallest absolute Gasteiger partial charge is 0.0901 e. The van der Waals surface area contributed by atoms with Crippen LogP contribution in [-0.2, 0) is 6.54 Å². The van der Waals surface area contributed by atoms with Crippen molar-refractivity contribution >= 4 is 28.8 Å². The summed E-state index contributed by atoms with van der Waals surface area (Å²) in [4.78, 5) is 5.45. The van der Waals surface area contributed by atoms with Gasteiger partial charge in [0, 0.05) is 37.7 Å². The van der Waals surface area contributed by atoms with Crippen molar-refractivity contribution in [3.63, 3.8) is 0 Å². The van der Waals surface area contributed by atoms with Crippen molar-refractivity contribution < 1.29 is 0 Å². The Hall–Kier alpha value is -0.680. The number of benzene rings is 1. The highest BCUT2D eigenvalue weighted by atomic mass is 35.5. The molecule has 0 spiro atoms. The average Bonchev–Trinajstić information content (AvgIpc) is 2.43. The summed E-state index contributed by atoms with van der Waals surface area (Å²) in [5.41, 5.74) is 7.01. The SMILES string of the molecule is CCC(C(N)=S)N1CCN(Cc2ccccc2Cl)CC1. The summed E-state index contributed by atoms with van der Waals surface area (Å²) in [6, 6.07) is 8.30. The molecule has 110 valence electrons. The van der Waals surface area contributed by atoms with E-state index >= 15 is 0 Å². The molecule has 1 atom stereocenters. The minimum Gasteiger partial charge on any atom is -0.392 e. The third kappa shape index (κ3) is 3.92. The number of hydrogen-bond donors (Lipinski definition) is 1. The highest BCUT2D eigenvalue weighted by Crippen LogP contribution is 2.18. The van der Waals surface area contributed by atoms with Gasteiger partial charge in [-0.3, -0.25) is 9.80 Å². The third-order valence-electron chi connectivity index (χ3n) is 3.91. The molecule has 0 saturated carbocycles. The van der Waals surface area contributed by atoms with E-state index in [2.05, 4.69) is 22.8 Å². The fourth-order valence-corrected chi connectivity index (χ4v) is 3.25. The van der Waals surface area contributed by atoms with E-state index in [0.29, 0.717) is 4.99 Å². The van der Waals surface area contributed by atoms with Crippen LogP contribution in [0.4, 0.5) is 0 Å². The van der Waals surface area contributed by atoms with E-state index in [-0.39, 0.29) is 6.04 Å². The van der Waals surface area contributed by atoms with E-state index in [1.165, 1.54) is 5.56 Å². The second-order valence-corrected chi connectivity index (χ2v) is 6.11. The quantitative estimate of drug-likeness (QED) is 0.847. The second kappa shape index (κ2) is 7.36. The molecule has 2 rings (SSSR count). The summed E-state index contributed by atoms with van der Waals surface area (Å²) in [6.45, 7) is 7.15. The number of rotatable bonds is 5. The van der Waals surface area contributed by atoms with Crippen molar-refractivity contribution in [3.05, 3.63) is 34.9 Å². The molecule has 1 aliphatic heterocycles. The van der Waals surface area contributed by atoms with Crippen molar-refractivity contribution in [2.45, 2.75) is 25.9 Å². The predicted octanol–water partition coefficient (Wildman–Crippen LogP) is 2.52. The summed E-state index contributed by atoms with van der Waals surface area (Å²) in [5, 5.41) is 0.851. The molecule has 0 bridgehead atoms. The first-order valence-corrected chi connectivity index (χ1v) is 7.89. The highest BCUT2D eigenvalue weighted by Gasteiger charge is 2.24. The minimum absolute atomic E-state index is 0.243. The lowest BCUT2D eigenvalue weighted by Crippen LogP contribution is -2.53. The van der Waals surface area contributed by atoms with Crippen LogP contribution in [-0.4, -0.2) is 47.0 Å². The Morgan fingerprint density at radius 1 is 1.30 bits per heavy atom. The van der Waals surface area contributed by atoms with Crippen molar-refractivity contribution in [1.29, 1.82) is 0 Å². The maximum atomic E-state index is 6.22. The van der Waals surface area contributed by atoms with Crippen molar-refractivity contribution in [2.75, 3.05) is 26.2 Å². The molecule has 1 heterocycles. The van der Waals surface area contributed by atoms with Crippen LogP contribution in [0.1, 0.15) is 18.9 Å². The van der Waals surface area contributed by atoms with Crippen molar-refractivity contribution in [3.8, 4) is 0 Å². The van der Waals surface area contributed by atoms with Crippen molar-refractivity contribution in [1.82, 2.24) is 9.80 Å². The molecule has 3 nitrogen and oxygen atoms in total. The monoisotopic (exact) mass is 311 g/mol. The molecule has 1 aliphatic rings. The van der Waals surface area contributed by atoms with Crippen LogP contribution in [0.5, 0.6) is 0 Å². The molecule has 0 aliphatic carbocycles. The second-order valence-electron chi connectivity index (χ2n) is 5.23. The van der Waals surface area contributed by atoms with Gasteiger partial charge in [-0.2, -0.15) is 0 Å². The summed E-state index contributed by atoms with van der Waals surface area (Å²) < 4.78 is 0. The van der Waals surface area contributed by atoms with E-state index in [1.807, 2.05) is 18.2 Å². The molecule has 1 aromatic rings. The Morgan fingerprint density at radius 3 is 2.50 bits per heavy atom. The number of piperazine rings is 1. The lowest BCUT2D eigenvalue weighted by atomic mass is 10.1. The van der Waals surface area contributed by atoms with Crippen LogP contribution in [0.3, 0.4) is 0 Å². The molecule has 1 fully saturated rings. The lowest BCUT2D eigenvalue weighted by molar-refractivity contribution is 0.112. The van der Waals surface area contributed by atoms with Crippen LogP contribution in [0.2, 0.25) is 5.02 Å². The molecule has 0 radical (unpaired) electrons. The largest absolute Gasteiger partial charge is 0.392 e. The normalized spacial score (nSPS) is 18.9. The van der Waals surface area contributed by atoms with Gasteiger partial charge >= 0.3 is 0 Å². The fraction of sp³-hybridized carbons (Fsp3) is 0.533. The molecule has 2 N–H and O–H groups in total. The summed E-state index contributed by atoms with van der Waals surface area (Å²) in [6.07, 6.45) is 0.986. The first kappa shape index (κ1) is 15.7. The maximum absolute atomic E-state index is 6.22. The average molecular weight is 312 g/mol. The highest BCUT2D eigenvalue weighted by molar-refractivity contribution is 7.80. The zero-order chi connectivity index (χ0) is 14.5. The maximum Gasteiger partial charge on any atom is 0.0901 e. The van der Waals surface area contributed by atoms with Crippen LogP contribution in [0, 0.1) is 0 Å². The zero-order valence-electron chi connectivity index (χ0n) is 11.9. The van der Waals surface area contributed by atoms with Gasteiger partial charge in [-0.1, -0.05) is 48.9 Å². The minimum atomic E-state index is 0.243. The molecule has 1 aromatic carbocycles. The summed E-state index contributed by atoms with van der Waals surface area (Å²) >= 11 is 11.4. The topological polar surface area (TPSA) is 32.5 Å². The Bertz CT molecular complexity index is 458. The number of hydrogen-bond acceptors (Lipinski definition) is 3. The number of nitrogens with zero attached hydrogens (tertiary/aromatic N) is 2. The molecule has 0 amide bonds. The number of nitrogens with two attached hydrogens (primary N) is 1. The number of thiocarbonyl (C=S) groups is 1. The van der Waals surface area contributed by atoms with Gasteiger partial charge < -0.3 is 5.73 Å². The van der Waals surface area contributed by atoms with Crippen LogP contribution < -0.4 is 5.73 Å². The Kier molecular flexibility index (Phi) is 5.78. The summed E-state index contributed by atoms with van der Waals surface area (Å²) in [5.74, 6) is 0. The Balaban J connectivity index is 1.88. The molecular weight excluding hydrogens is 290 g/mol. The van der Waals surface area contributed by atoms with Gasteiger partial charge in [0.15, 0.2) is 0 Å². The molecule has 20 heavy (non-hydrogen) atoms. The van der Waals surface area contributed by atoms with E-state index < -0.39 is 0 Å². The number of halogens is 1. The van der Waals surface area contributed by atoms with Gasteiger partial charge in [0.05, 0.1) is 11.0 Å². The zero-order valence-corrected chi connectivity index (χ0v) is 13.5. The van der Waals surface area contributed by atoms with Gasteiger partial charge in [0.2, 0.25) is 0 Å². The Morgan fingerprint density at radius 2 is 1.95 bits per heavy atom. The van der Waals surface area contributed by atoms with Gasteiger partial charge in [-0.25, -0.2) is 0 Å². The van der Waals surface area contributed by atoms with Gasteiger partial charge in [-0.15, -0.1) is 0 Å². The predicted molar refractivity (Wildman–Crippen MR) is 89.2 cm³/mol. The van der Waals surface area contributed by atoms with Gasteiger partial charge in [-0.05, 0) is 18.1 Å². The summed E-state index contributed by atoms with van der Waals surface area (Å²) in [7, 11) is 0. The molecule has 1 unspecified atom stereocenters. The molecular formula is C15H22ClN3S. The van der Waals surface area contributed by atoms with Crippen LogP contribution >= 0.6 is 23.8 Å². The molecule has 1 saturated heterocycles. The molecule has 5 heteroatoms. The fourth-order valence-electron chi connectivity index (χ4n) is 2.74. The van der Waals surface area contributed by atoms with Gasteiger partial charge in [0.1, 0.15) is 0 Å². The van der Waals surface area contributed by atoms with E-state index in [0.717, 1.165) is 44.2 Å². The standard InChI is InChI=1S/C15H22ClN3S/c1-2-14(15(17)20)19-9-7-18(8-10-19)11-12-5-3-4-6-13(12)16/h3-6,14H,2,7-11H2,1H3,(H2,17,20). The van der Waals surface area contributed by atoms with Crippen molar-refractivity contribution in [2.24, 2.45) is 5.73 Å². The van der Waals surface area contributed by atoms with E-state index in [9.17, 15) is 0 Å². The van der Waals surface area contributed by atoms with Crippen LogP contribution in [0.25, 0.3) is 0 Å². The van der Waals surface area contributed by atoms with Crippen LogP contribution in [0.15, 0.2) is 24.3 Å². The molecule has 0 aromatic heterocycles. The van der Waals surface area contributed by atoms with E-state index in [1.54, 1.807) is 0 Å². The first-order valence-electron chi connectivity index (χ1n) is 7.11.